The molecule has 0 aliphatic carbocycles. The molecule has 0 radical (unpaired) electrons. The number of halogens is 3. The van der Waals surface area contributed by atoms with Gasteiger partial charge in [-0.1, -0.05) is 6.92 Å². The maximum atomic E-state index is 13.6. The summed E-state index contributed by atoms with van der Waals surface area (Å²) in [4.78, 5) is 45.0. The van der Waals surface area contributed by atoms with Crippen molar-refractivity contribution in [3.63, 3.8) is 0 Å². The molecule has 236 valence electrons. The molecule has 0 aromatic carbocycles. The molecule has 1 aromatic heterocycles. The number of sulfone groups is 1. The van der Waals surface area contributed by atoms with Crippen LogP contribution in [0.25, 0.3) is 0 Å². The molecular weight excluding hydrogens is 593 g/mol. The van der Waals surface area contributed by atoms with Gasteiger partial charge in [0.05, 0.1) is 42.0 Å². The number of carboxylic acid groups (broad SMARTS) is 3. The van der Waals surface area contributed by atoms with Crippen molar-refractivity contribution in [2.45, 2.75) is 81.8 Å². The Balaban J connectivity index is 0.000000316. The molecule has 1 aromatic rings. The number of carbonyl (C=O) groups excluding carboxylic acids is 1. The molecule has 2 saturated heterocycles. The van der Waals surface area contributed by atoms with E-state index in [1.165, 1.54) is 0 Å². The number of hydrogen-bond acceptors (Lipinski definition) is 9. The molecule has 3 aliphatic rings. The van der Waals surface area contributed by atoms with Gasteiger partial charge in [-0.05, 0) is 32.1 Å². The standard InChI is InChI=1S/C18H25F3N4O3S.C6H8O7/c1-2-12-8-15(18(19,20)21)25-16(22-12)9-13(23-25)14-4-3-6-24(14)17(26)11-5-7-29(27,28)10-11;7-3(8)1-6(13,5(11)12)2-4(9)10/h9,11-12,14-15,22H,2-8,10H2,1H3;13H,1-2H2,(H,7,8)(H,9,10)(H,11,12)/t11?,12-,14?,15-;/m1./s1. The van der Waals surface area contributed by atoms with E-state index in [4.69, 9.17) is 20.4 Å². The normalized spacial score (nSPS) is 25.1. The van der Waals surface area contributed by atoms with Gasteiger partial charge in [0.2, 0.25) is 5.91 Å². The summed E-state index contributed by atoms with van der Waals surface area (Å²) in [6.45, 7) is 2.31. The van der Waals surface area contributed by atoms with Crippen molar-refractivity contribution in [3.8, 4) is 0 Å². The summed E-state index contributed by atoms with van der Waals surface area (Å²) in [7, 11) is -3.19. The van der Waals surface area contributed by atoms with Gasteiger partial charge in [0, 0.05) is 18.7 Å². The van der Waals surface area contributed by atoms with Crippen molar-refractivity contribution in [2.24, 2.45) is 5.92 Å². The molecule has 14 nitrogen and oxygen atoms in total. The van der Waals surface area contributed by atoms with Gasteiger partial charge in [0.25, 0.3) is 0 Å². The zero-order valence-electron chi connectivity index (χ0n) is 22.6. The summed E-state index contributed by atoms with van der Waals surface area (Å²) in [5.74, 6) is -5.63. The zero-order chi connectivity index (χ0) is 31.6. The van der Waals surface area contributed by atoms with Crippen molar-refractivity contribution in [3.05, 3.63) is 11.8 Å². The zero-order valence-corrected chi connectivity index (χ0v) is 23.4. The number of hydrogen-bond donors (Lipinski definition) is 5. The van der Waals surface area contributed by atoms with Crippen molar-refractivity contribution < 1.29 is 61.2 Å². The van der Waals surface area contributed by atoms with Crippen LogP contribution in [0.3, 0.4) is 0 Å². The van der Waals surface area contributed by atoms with Crippen LogP contribution in [0.15, 0.2) is 6.07 Å². The van der Waals surface area contributed by atoms with Crippen molar-refractivity contribution >= 4 is 39.5 Å². The lowest BCUT2D eigenvalue weighted by molar-refractivity contribution is -0.173. The number of fused-ring (bicyclic) bond motifs is 1. The minimum Gasteiger partial charge on any atom is -0.481 e. The van der Waals surface area contributed by atoms with Gasteiger partial charge in [0.1, 0.15) is 5.82 Å². The van der Waals surface area contributed by atoms with Crippen LogP contribution in [0.5, 0.6) is 0 Å². The maximum absolute atomic E-state index is 13.6. The third-order valence-electron chi connectivity index (χ3n) is 7.52. The van der Waals surface area contributed by atoms with E-state index in [9.17, 15) is 40.8 Å². The Labute approximate surface area is 238 Å². The summed E-state index contributed by atoms with van der Waals surface area (Å²) in [6.07, 6.45) is -4.58. The Kier molecular flexibility index (Phi) is 9.81. The van der Waals surface area contributed by atoms with Crippen molar-refractivity contribution in [1.82, 2.24) is 14.7 Å². The van der Waals surface area contributed by atoms with Crippen LogP contribution in [0.2, 0.25) is 0 Å². The predicted molar refractivity (Wildman–Crippen MR) is 137 cm³/mol. The molecule has 1 amide bonds. The minimum absolute atomic E-state index is 0.0102. The molecule has 5 N–H and O–H groups in total. The van der Waals surface area contributed by atoms with E-state index < -0.39 is 70.4 Å². The molecule has 0 bridgehead atoms. The maximum Gasteiger partial charge on any atom is 0.410 e. The van der Waals surface area contributed by atoms with E-state index in [1.54, 1.807) is 11.0 Å². The van der Waals surface area contributed by atoms with Crippen molar-refractivity contribution in [1.29, 1.82) is 0 Å². The Hall–Kier alpha value is -3.41. The SMILES string of the molecule is CC[C@@H]1C[C@H](C(F)(F)F)n2nc(C3CCCN3C(=O)C3CCS(=O)(=O)C3)cc2N1.O=C(O)CC(O)(CC(=O)O)C(=O)O. The highest BCUT2D eigenvalue weighted by Crippen LogP contribution is 2.42. The van der Waals surface area contributed by atoms with Crippen LogP contribution in [0.1, 0.15) is 69.6 Å². The topological polar surface area (TPSA) is 216 Å². The van der Waals surface area contributed by atoms with Crippen molar-refractivity contribution in [2.75, 3.05) is 23.4 Å². The molecule has 2 unspecified atom stereocenters. The molecule has 0 saturated carbocycles. The Bertz CT molecular complexity index is 1300. The fourth-order valence-electron chi connectivity index (χ4n) is 5.38. The lowest BCUT2D eigenvalue weighted by Gasteiger charge is -2.32. The summed E-state index contributed by atoms with van der Waals surface area (Å²) < 4.78 is 65.2. The third-order valence-corrected chi connectivity index (χ3v) is 9.29. The second-order valence-corrected chi connectivity index (χ2v) is 12.9. The molecule has 18 heteroatoms. The number of likely N-dealkylation sites (tertiary alicyclic amines) is 1. The number of alkyl halides is 3. The Morgan fingerprint density at radius 3 is 2.19 bits per heavy atom. The number of anilines is 1. The van der Waals surface area contributed by atoms with E-state index in [2.05, 4.69) is 10.4 Å². The smallest absolute Gasteiger partial charge is 0.410 e. The fourth-order valence-corrected chi connectivity index (χ4v) is 7.11. The van der Waals surface area contributed by atoms with Gasteiger partial charge < -0.3 is 30.6 Å². The van der Waals surface area contributed by atoms with Crippen LogP contribution in [0.4, 0.5) is 19.0 Å². The number of aliphatic hydroxyl groups is 1. The number of nitrogens with one attached hydrogen (secondary N) is 1. The van der Waals surface area contributed by atoms with Gasteiger partial charge in [-0.15, -0.1) is 0 Å². The van der Waals surface area contributed by atoms with Crippen LogP contribution in [0, 0.1) is 5.92 Å². The number of aromatic nitrogens is 2. The van der Waals surface area contributed by atoms with Crippen LogP contribution >= 0.6 is 0 Å². The summed E-state index contributed by atoms with van der Waals surface area (Å²) >= 11 is 0. The molecule has 2 fully saturated rings. The monoisotopic (exact) mass is 626 g/mol. The highest BCUT2D eigenvalue weighted by atomic mass is 32.2. The third kappa shape index (κ3) is 7.70. The average Bonchev–Trinajstić information content (AvgIpc) is 3.59. The number of amides is 1. The van der Waals surface area contributed by atoms with E-state index in [0.717, 1.165) is 4.68 Å². The molecular formula is C24H33F3N4O10S. The van der Waals surface area contributed by atoms with E-state index in [0.29, 0.717) is 43.7 Å². The molecule has 0 spiro atoms. The van der Waals surface area contributed by atoms with Gasteiger partial charge in [-0.2, -0.15) is 18.3 Å². The first-order valence-electron chi connectivity index (χ1n) is 13.2. The number of rotatable bonds is 8. The largest absolute Gasteiger partial charge is 0.481 e. The second kappa shape index (κ2) is 12.4. The Morgan fingerprint density at radius 2 is 1.71 bits per heavy atom. The first-order valence-corrected chi connectivity index (χ1v) is 15.0. The molecule has 4 atom stereocenters. The molecule has 42 heavy (non-hydrogen) atoms. The highest BCUT2D eigenvalue weighted by molar-refractivity contribution is 7.91. The van der Waals surface area contributed by atoms with Crippen LogP contribution in [-0.4, -0.2) is 103 Å². The predicted octanol–water partition coefficient (Wildman–Crippen LogP) is 1.43. The second-order valence-electron chi connectivity index (χ2n) is 10.7. The minimum atomic E-state index is -4.41. The van der Waals surface area contributed by atoms with Gasteiger partial charge in [-0.25, -0.2) is 17.9 Å². The first kappa shape index (κ1) is 33.1. The summed E-state index contributed by atoms with van der Waals surface area (Å²) in [5, 5.41) is 41.2. The highest BCUT2D eigenvalue weighted by Gasteiger charge is 2.47. The first-order chi connectivity index (χ1) is 19.4. The van der Waals surface area contributed by atoms with E-state index in [1.807, 2.05) is 6.92 Å². The molecule has 3 aliphatic heterocycles. The van der Waals surface area contributed by atoms with E-state index >= 15 is 0 Å². The van der Waals surface area contributed by atoms with E-state index in [-0.39, 0.29) is 29.9 Å². The average molecular weight is 627 g/mol. The molecule has 4 heterocycles. The number of nitrogens with zero attached hydrogens (tertiary/aromatic N) is 3. The number of aliphatic carboxylic acids is 3. The fraction of sp³-hybridized carbons (Fsp3) is 0.708. The van der Waals surface area contributed by atoms with Crippen LogP contribution < -0.4 is 5.32 Å². The number of carboxylic acids is 3. The number of carbonyl (C=O) groups is 4. The summed E-state index contributed by atoms with van der Waals surface area (Å²) in [6, 6.07) is -0.784. The quantitative estimate of drug-likeness (QED) is 0.277. The summed E-state index contributed by atoms with van der Waals surface area (Å²) in [5.41, 5.74) is -2.30. The lowest BCUT2D eigenvalue weighted by Crippen LogP contribution is -2.42. The Morgan fingerprint density at radius 1 is 1.10 bits per heavy atom. The van der Waals surface area contributed by atoms with Gasteiger partial charge >= 0.3 is 24.1 Å². The lowest BCUT2D eigenvalue weighted by atomic mass is 9.96. The molecule has 4 rings (SSSR count). The van der Waals surface area contributed by atoms with Gasteiger partial charge in [-0.3, -0.25) is 14.4 Å². The van der Waals surface area contributed by atoms with Crippen LogP contribution in [-0.2, 0) is 29.0 Å². The van der Waals surface area contributed by atoms with Gasteiger partial charge in [0.15, 0.2) is 21.5 Å².